The molecule has 19 heavy (non-hydrogen) atoms. The van der Waals surface area contributed by atoms with Gasteiger partial charge in [0.1, 0.15) is 0 Å². The normalized spacial score (nSPS) is 11.4. The molecule has 2 rings (SSSR count). The maximum atomic E-state index is 12.8. The van der Waals surface area contributed by atoms with Crippen LogP contribution in [0.3, 0.4) is 0 Å². The Morgan fingerprint density at radius 3 is 2.42 bits per heavy atom. The molecule has 0 fully saturated rings. The van der Waals surface area contributed by atoms with E-state index >= 15 is 0 Å². The second-order valence-corrected chi connectivity index (χ2v) is 3.88. The van der Waals surface area contributed by atoms with Gasteiger partial charge in [0.05, 0.1) is 23.1 Å². The van der Waals surface area contributed by atoms with E-state index in [9.17, 15) is 13.2 Å². The number of aromatic nitrogens is 1. The fourth-order valence-electron chi connectivity index (χ4n) is 1.60. The van der Waals surface area contributed by atoms with Crippen LogP contribution in [-0.4, -0.2) is 4.98 Å². The SMILES string of the molecule is [NH-]Cc1ccc(Nc2ccccc2C(F)(F)F)cn1. The molecule has 0 spiro atoms. The topological polar surface area (TPSA) is 48.7 Å². The molecule has 0 saturated heterocycles. The number of hydrogen-bond donors (Lipinski definition) is 1. The first-order chi connectivity index (χ1) is 9.00. The monoisotopic (exact) mass is 266 g/mol. The molecular weight excluding hydrogens is 255 g/mol. The number of pyridine rings is 1. The third kappa shape index (κ3) is 3.23. The van der Waals surface area contributed by atoms with Crippen molar-refractivity contribution in [1.82, 2.24) is 4.98 Å². The number of nitrogens with zero attached hydrogens (tertiary/aromatic N) is 1. The number of para-hydroxylation sites is 1. The van der Waals surface area contributed by atoms with Crippen LogP contribution in [0.1, 0.15) is 11.3 Å². The van der Waals surface area contributed by atoms with E-state index < -0.39 is 11.7 Å². The number of alkyl halides is 3. The van der Waals surface area contributed by atoms with E-state index in [1.54, 1.807) is 12.1 Å². The number of benzene rings is 1. The Morgan fingerprint density at radius 1 is 1.11 bits per heavy atom. The van der Waals surface area contributed by atoms with Gasteiger partial charge in [-0.05, 0) is 24.3 Å². The fraction of sp³-hybridized carbons (Fsp3) is 0.154. The van der Waals surface area contributed by atoms with Gasteiger partial charge in [0.15, 0.2) is 0 Å². The van der Waals surface area contributed by atoms with Crippen LogP contribution in [0.4, 0.5) is 24.5 Å². The van der Waals surface area contributed by atoms with E-state index in [0.717, 1.165) is 6.07 Å². The zero-order chi connectivity index (χ0) is 13.9. The number of hydrogen-bond acceptors (Lipinski definition) is 2. The average Bonchev–Trinajstić information content (AvgIpc) is 2.39. The van der Waals surface area contributed by atoms with E-state index in [4.69, 9.17) is 5.73 Å². The maximum absolute atomic E-state index is 12.8. The fourth-order valence-corrected chi connectivity index (χ4v) is 1.60. The summed E-state index contributed by atoms with van der Waals surface area (Å²) in [6.07, 6.45) is -2.99. The zero-order valence-corrected chi connectivity index (χ0v) is 9.83. The van der Waals surface area contributed by atoms with Crippen LogP contribution in [-0.2, 0) is 12.7 Å². The molecule has 0 radical (unpaired) electrons. The quantitative estimate of drug-likeness (QED) is 0.895. The van der Waals surface area contributed by atoms with Crippen molar-refractivity contribution in [2.24, 2.45) is 0 Å². The van der Waals surface area contributed by atoms with E-state index in [2.05, 4.69) is 10.3 Å². The largest absolute Gasteiger partial charge is 0.672 e. The Balaban J connectivity index is 2.28. The van der Waals surface area contributed by atoms with Gasteiger partial charge in [0, 0.05) is 5.69 Å². The molecule has 0 atom stereocenters. The van der Waals surface area contributed by atoms with Crippen molar-refractivity contribution in [1.29, 1.82) is 0 Å². The summed E-state index contributed by atoms with van der Waals surface area (Å²) in [6.45, 7) is 0.0411. The molecule has 2 N–H and O–H groups in total. The van der Waals surface area contributed by atoms with E-state index in [-0.39, 0.29) is 12.2 Å². The summed E-state index contributed by atoms with van der Waals surface area (Å²) < 4.78 is 38.4. The molecule has 3 nitrogen and oxygen atoms in total. The predicted molar refractivity (Wildman–Crippen MR) is 67.0 cm³/mol. The molecule has 0 aliphatic rings. The Hall–Kier alpha value is -2.08. The molecule has 0 unspecified atom stereocenters. The van der Waals surface area contributed by atoms with Crippen LogP contribution >= 0.6 is 0 Å². The van der Waals surface area contributed by atoms with Gasteiger partial charge in [0.2, 0.25) is 0 Å². The first-order valence-electron chi connectivity index (χ1n) is 5.53. The molecule has 100 valence electrons. The van der Waals surface area contributed by atoms with Crippen molar-refractivity contribution in [2.75, 3.05) is 5.32 Å². The van der Waals surface area contributed by atoms with Crippen molar-refractivity contribution in [3.63, 3.8) is 0 Å². The van der Waals surface area contributed by atoms with Crippen molar-refractivity contribution in [2.45, 2.75) is 12.7 Å². The number of rotatable bonds is 3. The number of nitrogens with one attached hydrogen (secondary N) is 2. The highest BCUT2D eigenvalue weighted by atomic mass is 19.4. The minimum Gasteiger partial charge on any atom is -0.672 e. The molecule has 1 aromatic heterocycles. The molecule has 0 amide bonds. The van der Waals surface area contributed by atoms with Gasteiger partial charge >= 0.3 is 6.18 Å². The summed E-state index contributed by atoms with van der Waals surface area (Å²) in [5.41, 5.74) is 7.40. The summed E-state index contributed by atoms with van der Waals surface area (Å²) >= 11 is 0. The van der Waals surface area contributed by atoms with Crippen LogP contribution in [0.25, 0.3) is 5.73 Å². The van der Waals surface area contributed by atoms with Crippen molar-refractivity contribution in [3.8, 4) is 0 Å². The maximum Gasteiger partial charge on any atom is 0.418 e. The second kappa shape index (κ2) is 5.27. The highest BCUT2D eigenvalue weighted by Gasteiger charge is 2.33. The molecule has 0 aliphatic heterocycles. The van der Waals surface area contributed by atoms with Crippen LogP contribution in [0.5, 0.6) is 0 Å². The minimum atomic E-state index is -4.40. The summed E-state index contributed by atoms with van der Waals surface area (Å²) in [5, 5.41) is 2.69. The van der Waals surface area contributed by atoms with Crippen LogP contribution in [0, 0.1) is 0 Å². The lowest BCUT2D eigenvalue weighted by atomic mass is 10.1. The standard InChI is InChI=1S/C13H11F3N3/c14-13(15,16)11-3-1-2-4-12(11)19-10-6-5-9(7-17)18-8-10/h1-6,8,17,19H,7H2/q-1. The lowest BCUT2D eigenvalue weighted by Gasteiger charge is -2.14. The average molecular weight is 266 g/mol. The lowest BCUT2D eigenvalue weighted by molar-refractivity contribution is -0.136. The van der Waals surface area contributed by atoms with Gasteiger partial charge in [-0.2, -0.15) is 13.2 Å². The Bertz CT molecular complexity index is 550. The molecular formula is C13H11F3N3-. The van der Waals surface area contributed by atoms with E-state index in [1.165, 1.54) is 24.4 Å². The summed E-state index contributed by atoms with van der Waals surface area (Å²) in [5.74, 6) is 0. The molecule has 1 heterocycles. The summed E-state index contributed by atoms with van der Waals surface area (Å²) in [4.78, 5) is 3.95. The minimum absolute atomic E-state index is 0.0181. The van der Waals surface area contributed by atoms with Gasteiger partial charge in [-0.25, -0.2) is 0 Å². The van der Waals surface area contributed by atoms with Gasteiger partial charge < -0.3 is 11.1 Å². The smallest absolute Gasteiger partial charge is 0.418 e. The zero-order valence-electron chi connectivity index (χ0n) is 9.83. The predicted octanol–water partition coefficient (Wildman–Crippen LogP) is 4.40. The molecule has 2 aromatic rings. The number of anilines is 2. The molecule has 0 aliphatic carbocycles. The van der Waals surface area contributed by atoms with Crippen LogP contribution in [0.2, 0.25) is 0 Å². The van der Waals surface area contributed by atoms with E-state index in [0.29, 0.717) is 11.4 Å². The van der Waals surface area contributed by atoms with Crippen LogP contribution in [0.15, 0.2) is 42.6 Å². The molecule has 0 bridgehead atoms. The molecule has 1 aromatic carbocycles. The first kappa shape index (κ1) is 13.4. The highest BCUT2D eigenvalue weighted by Crippen LogP contribution is 2.35. The summed E-state index contributed by atoms with van der Waals surface area (Å²) in [6, 6.07) is 8.46. The molecule has 6 heteroatoms. The lowest BCUT2D eigenvalue weighted by Crippen LogP contribution is -2.08. The first-order valence-corrected chi connectivity index (χ1v) is 5.53. The Labute approximate surface area is 108 Å². The van der Waals surface area contributed by atoms with Gasteiger partial charge in [-0.15, -0.1) is 6.54 Å². The van der Waals surface area contributed by atoms with Gasteiger partial charge in [-0.3, -0.25) is 4.98 Å². The Kier molecular flexibility index (Phi) is 3.71. The summed E-state index contributed by atoms with van der Waals surface area (Å²) in [7, 11) is 0. The number of halogens is 3. The van der Waals surface area contributed by atoms with Gasteiger partial charge in [0.25, 0.3) is 0 Å². The van der Waals surface area contributed by atoms with Crippen molar-refractivity contribution < 1.29 is 13.2 Å². The van der Waals surface area contributed by atoms with Crippen molar-refractivity contribution in [3.05, 3.63) is 59.6 Å². The van der Waals surface area contributed by atoms with Crippen LogP contribution < -0.4 is 5.32 Å². The van der Waals surface area contributed by atoms with Crippen molar-refractivity contribution >= 4 is 11.4 Å². The third-order valence-corrected chi connectivity index (χ3v) is 2.52. The Morgan fingerprint density at radius 2 is 1.84 bits per heavy atom. The highest BCUT2D eigenvalue weighted by molar-refractivity contribution is 5.63. The van der Waals surface area contributed by atoms with Gasteiger partial charge in [-0.1, -0.05) is 12.1 Å². The molecule has 0 saturated carbocycles. The third-order valence-electron chi connectivity index (χ3n) is 2.52. The second-order valence-electron chi connectivity index (χ2n) is 3.88. The van der Waals surface area contributed by atoms with E-state index in [1.807, 2.05) is 0 Å².